The van der Waals surface area contributed by atoms with Gasteiger partial charge in [-0.25, -0.2) is 4.68 Å². The lowest BCUT2D eigenvalue weighted by Crippen LogP contribution is -2.37. The van der Waals surface area contributed by atoms with Crippen molar-refractivity contribution in [1.82, 2.24) is 9.78 Å². The van der Waals surface area contributed by atoms with E-state index in [1.807, 2.05) is 6.07 Å². The van der Waals surface area contributed by atoms with E-state index in [0.29, 0.717) is 5.82 Å². The molecule has 0 amide bonds. The molecule has 86 valence electrons. The second kappa shape index (κ2) is 3.59. The first-order valence-electron chi connectivity index (χ1n) is 4.74. The number of nitriles is 1. The van der Waals surface area contributed by atoms with Crippen LogP contribution in [0.2, 0.25) is 0 Å². The monoisotopic (exact) mass is 246 g/mol. The lowest BCUT2D eigenvalue weighted by Gasteiger charge is -2.32. The average Bonchev–Trinajstić information content (AvgIpc) is 2.57. The van der Waals surface area contributed by atoms with Gasteiger partial charge in [-0.3, -0.25) is 0 Å². The van der Waals surface area contributed by atoms with E-state index in [-0.39, 0.29) is 18.0 Å². The quantitative estimate of drug-likeness (QED) is 0.774. The van der Waals surface area contributed by atoms with Gasteiger partial charge < -0.3 is 5.32 Å². The van der Waals surface area contributed by atoms with Crippen LogP contribution >= 0.6 is 11.6 Å². The van der Waals surface area contributed by atoms with Crippen LogP contribution in [0.4, 0.5) is 14.6 Å². The summed E-state index contributed by atoms with van der Waals surface area (Å²) in [5, 5.41) is 12.1. The Balaban J connectivity index is 2.48. The van der Waals surface area contributed by atoms with Crippen LogP contribution in [0, 0.1) is 11.3 Å². The average molecular weight is 247 g/mol. The zero-order chi connectivity index (χ0) is 11.9. The van der Waals surface area contributed by atoms with Crippen LogP contribution in [0.15, 0.2) is 6.20 Å². The summed E-state index contributed by atoms with van der Waals surface area (Å²) in [5.74, 6) is 0.312. The second-order valence-corrected chi connectivity index (χ2v) is 4.31. The van der Waals surface area contributed by atoms with Gasteiger partial charge in [0.05, 0.1) is 6.20 Å². The number of aromatic nitrogens is 2. The molecule has 7 heteroatoms. The summed E-state index contributed by atoms with van der Waals surface area (Å²) in [6.07, 6.45) is 1.42. The summed E-state index contributed by atoms with van der Waals surface area (Å²) in [6, 6.07) is 0.499. The van der Waals surface area contributed by atoms with E-state index in [1.54, 1.807) is 6.92 Å². The fourth-order valence-electron chi connectivity index (χ4n) is 1.82. The number of hydrogen-bond donors (Lipinski definition) is 1. The molecule has 0 radical (unpaired) electrons. The number of fused-ring (bicyclic) bond motifs is 1. The van der Waals surface area contributed by atoms with Gasteiger partial charge in [0, 0.05) is 6.04 Å². The Labute approximate surface area is 95.8 Å². The van der Waals surface area contributed by atoms with Crippen molar-refractivity contribution in [3.63, 3.8) is 0 Å². The minimum absolute atomic E-state index is 0.163. The van der Waals surface area contributed by atoms with Gasteiger partial charge in [-0.05, 0) is 24.9 Å². The molecule has 4 nitrogen and oxygen atoms in total. The second-order valence-electron chi connectivity index (χ2n) is 3.80. The van der Waals surface area contributed by atoms with E-state index in [1.165, 1.54) is 6.20 Å². The summed E-state index contributed by atoms with van der Waals surface area (Å²) in [6.45, 7) is 1.76. The van der Waals surface area contributed by atoms with E-state index in [2.05, 4.69) is 10.4 Å². The highest BCUT2D eigenvalue weighted by molar-refractivity contribution is 6.22. The zero-order valence-electron chi connectivity index (χ0n) is 8.41. The topological polar surface area (TPSA) is 53.6 Å². The predicted molar refractivity (Wildman–Crippen MR) is 54.5 cm³/mol. The van der Waals surface area contributed by atoms with Gasteiger partial charge in [0.25, 0.3) is 0 Å². The first-order valence-corrected chi connectivity index (χ1v) is 5.12. The maximum atomic E-state index is 13.2. The molecule has 0 bridgehead atoms. The number of alkyl halides is 3. The molecule has 1 aliphatic rings. The molecule has 16 heavy (non-hydrogen) atoms. The highest BCUT2D eigenvalue weighted by Gasteiger charge is 2.43. The van der Waals surface area contributed by atoms with E-state index < -0.39 is 11.4 Å². The summed E-state index contributed by atoms with van der Waals surface area (Å²) in [5.41, 5.74) is 0.248. The molecule has 0 aliphatic carbocycles. The maximum absolute atomic E-state index is 13.2. The molecule has 2 heterocycles. The van der Waals surface area contributed by atoms with Gasteiger partial charge >= 0.3 is 5.38 Å². The Hall–Kier alpha value is -1.35. The molecular formula is C9H9ClF2N4. The summed E-state index contributed by atoms with van der Waals surface area (Å²) >= 11 is 5.05. The Morgan fingerprint density at radius 2 is 2.44 bits per heavy atom. The standard InChI is InChI=1S/C9H9ClF2N4/c1-5-2-7(9(10,11)12)16-8(15-5)6(3-13)4-14-16/h4-5,7,15H,2H2,1H3/t5-,7-/m0/s1. The van der Waals surface area contributed by atoms with Crippen molar-refractivity contribution < 1.29 is 8.78 Å². The van der Waals surface area contributed by atoms with Gasteiger partial charge in [0.2, 0.25) is 0 Å². The highest BCUT2D eigenvalue weighted by atomic mass is 35.5. The lowest BCUT2D eigenvalue weighted by molar-refractivity contribution is 0.0214. The molecule has 2 rings (SSSR count). The Kier molecular flexibility index (Phi) is 2.50. The Morgan fingerprint density at radius 1 is 1.75 bits per heavy atom. The third-order valence-electron chi connectivity index (χ3n) is 2.55. The highest BCUT2D eigenvalue weighted by Crippen LogP contribution is 2.41. The normalized spacial score (nSPS) is 24.4. The minimum atomic E-state index is -3.37. The molecule has 0 spiro atoms. The van der Waals surface area contributed by atoms with Gasteiger partial charge in [-0.15, -0.1) is 0 Å². The van der Waals surface area contributed by atoms with Crippen LogP contribution in [-0.4, -0.2) is 21.2 Å². The van der Waals surface area contributed by atoms with Crippen molar-refractivity contribution in [1.29, 1.82) is 5.26 Å². The minimum Gasteiger partial charge on any atom is -0.367 e. The van der Waals surface area contributed by atoms with Crippen molar-refractivity contribution in [3.8, 4) is 6.07 Å². The first-order chi connectivity index (χ1) is 7.43. The van der Waals surface area contributed by atoms with E-state index in [4.69, 9.17) is 16.9 Å². The number of halogens is 3. The van der Waals surface area contributed by atoms with Crippen LogP contribution in [-0.2, 0) is 0 Å². The third-order valence-corrected chi connectivity index (χ3v) is 2.80. The number of nitrogens with zero attached hydrogens (tertiary/aromatic N) is 3. The van der Waals surface area contributed by atoms with Gasteiger partial charge in [-0.1, -0.05) is 0 Å². The molecule has 1 N–H and O–H groups in total. The summed E-state index contributed by atoms with van der Waals surface area (Å²) in [7, 11) is 0. The number of anilines is 1. The summed E-state index contributed by atoms with van der Waals surface area (Å²) < 4.78 is 27.4. The molecule has 2 atom stereocenters. The van der Waals surface area contributed by atoms with Crippen molar-refractivity contribution >= 4 is 17.4 Å². The molecule has 1 aromatic heterocycles. The number of nitrogens with one attached hydrogen (secondary N) is 1. The molecule has 1 aromatic rings. The molecular weight excluding hydrogens is 238 g/mol. The first kappa shape index (κ1) is 11.1. The molecule has 0 saturated carbocycles. The smallest absolute Gasteiger partial charge is 0.343 e. The van der Waals surface area contributed by atoms with E-state index >= 15 is 0 Å². The third kappa shape index (κ3) is 1.71. The Morgan fingerprint density at radius 3 is 3.00 bits per heavy atom. The molecule has 0 aromatic carbocycles. The van der Waals surface area contributed by atoms with Gasteiger partial charge in [0.15, 0.2) is 0 Å². The fraction of sp³-hybridized carbons (Fsp3) is 0.556. The van der Waals surface area contributed by atoms with Crippen LogP contribution in [0.3, 0.4) is 0 Å². The van der Waals surface area contributed by atoms with Crippen molar-refractivity contribution in [3.05, 3.63) is 11.8 Å². The Bertz CT molecular complexity index is 445. The lowest BCUT2D eigenvalue weighted by atomic mass is 10.1. The van der Waals surface area contributed by atoms with Gasteiger partial charge in [-0.2, -0.15) is 19.1 Å². The zero-order valence-corrected chi connectivity index (χ0v) is 9.17. The van der Waals surface area contributed by atoms with Crippen molar-refractivity contribution in [2.45, 2.75) is 30.8 Å². The molecule has 0 unspecified atom stereocenters. The molecule has 0 saturated heterocycles. The van der Waals surface area contributed by atoms with Crippen LogP contribution < -0.4 is 5.32 Å². The largest absolute Gasteiger partial charge is 0.367 e. The molecule has 1 aliphatic heterocycles. The fourth-order valence-corrected chi connectivity index (χ4v) is 2.01. The van der Waals surface area contributed by atoms with Crippen molar-refractivity contribution in [2.75, 3.05) is 5.32 Å². The molecule has 0 fully saturated rings. The number of hydrogen-bond acceptors (Lipinski definition) is 3. The van der Waals surface area contributed by atoms with Gasteiger partial charge in [0.1, 0.15) is 23.5 Å². The van der Waals surface area contributed by atoms with E-state index in [9.17, 15) is 8.78 Å². The van der Waals surface area contributed by atoms with Crippen LogP contribution in [0.5, 0.6) is 0 Å². The predicted octanol–water partition coefficient (Wildman–Crippen LogP) is 2.33. The van der Waals surface area contributed by atoms with Crippen LogP contribution in [0.1, 0.15) is 24.9 Å². The van der Waals surface area contributed by atoms with Crippen molar-refractivity contribution in [2.24, 2.45) is 0 Å². The number of rotatable bonds is 1. The maximum Gasteiger partial charge on any atom is 0.343 e. The summed E-state index contributed by atoms with van der Waals surface area (Å²) in [4.78, 5) is 0. The van der Waals surface area contributed by atoms with Crippen LogP contribution in [0.25, 0.3) is 0 Å². The SMILES string of the molecule is C[C@H]1C[C@@H](C(F)(F)Cl)n2ncc(C#N)c2N1. The van der Waals surface area contributed by atoms with E-state index in [0.717, 1.165) is 4.68 Å².